The number of nitrogens with zero attached hydrogens (tertiary/aromatic N) is 1. The minimum absolute atomic E-state index is 0.762. The number of aliphatic imine (C=N–C) groups is 1. The number of hydrogen-bond donors (Lipinski definition) is 0. The minimum Gasteiger partial charge on any atom is -0.493 e. The zero-order valence-corrected chi connectivity index (χ0v) is 10.6. The van der Waals surface area contributed by atoms with Crippen molar-refractivity contribution in [3.8, 4) is 11.5 Å². The molecule has 0 bridgehead atoms. The molecule has 1 aromatic carbocycles. The summed E-state index contributed by atoms with van der Waals surface area (Å²) in [6, 6.07) is 4.04. The normalized spacial score (nSPS) is 14.8. The molecule has 0 atom stereocenters. The molecule has 0 spiro atoms. The summed E-state index contributed by atoms with van der Waals surface area (Å²) < 4.78 is 10.6. The monoisotopic (exact) mass is 237 g/mol. The van der Waals surface area contributed by atoms with E-state index in [1.807, 2.05) is 30.8 Å². The maximum atomic E-state index is 5.30. The van der Waals surface area contributed by atoms with Crippen LogP contribution in [0.1, 0.15) is 12.5 Å². The number of thioether (sulfide) groups is 1. The second-order valence-corrected chi connectivity index (χ2v) is 4.66. The number of hydrogen-bond acceptors (Lipinski definition) is 4. The summed E-state index contributed by atoms with van der Waals surface area (Å²) in [4.78, 5) is 5.71. The zero-order chi connectivity index (χ0) is 11.5. The highest BCUT2D eigenvalue weighted by atomic mass is 32.2. The predicted octanol–water partition coefficient (Wildman–Crippen LogP) is 2.62. The van der Waals surface area contributed by atoms with Crippen molar-refractivity contribution in [2.24, 2.45) is 4.99 Å². The van der Waals surface area contributed by atoms with Gasteiger partial charge in [-0.1, -0.05) is 0 Å². The number of rotatable bonds is 2. The molecule has 1 heterocycles. The molecule has 0 aromatic heterocycles. The van der Waals surface area contributed by atoms with Crippen LogP contribution in [0.3, 0.4) is 0 Å². The van der Waals surface area contributed by atoms with Gasteiger partial charge in [0.25, 0.3) is 0 Å². The van der Waals surface area contributed by atoms with E-state index in [1.54, 1.807) is 14.2 Å². The molecule has 0 saturated carbocycles. The molecular formula is C12H15NO2S. The Kier molecular flexibility index (Phi) is 3.39. The van der Waals surface area contributed by atoms with Gasteiger partial charge in [0.05, 0.1) is 14.2 Å². The molecule has 0 aliphatic carbocycles. The van der Waals surface area contributed by atoms with E-state index in [4.69, 9.17) is 9.47 Å². The number of ether oxygens (including phenoxy) is 2. The van der Waals surface area contributed by atoms with Gasteiger partial charge in [0.2, 0.25) is 0 Å². The van der Waals surface area contributed by atoms with Crippen LogP contribution < -0.4 is 9.47 Å². The summed E-state index contributed by atoms with van der Waals surface area (Å²) in [6.45, 7) is 2.91. The molecule has 2 rings (SSSR count). The van der Waals surface area contributed by atoms with Crippen LogP contribution in [-0.2, 0) is 0 Å². The molecule has 0 amide bonds. The van der Waals surface area contributed by atoms with Gasteiger partial charge in [-0.15, -0.1) is 11.8 Å². The van der Waals surface area contributed by atoms with Crippen LogP contribution in [0.2, 0.25) is 0 Å². The molecule has 3 nitrogen and oxygen atoms in total. The fourth-order valence-electron chi connectivity index (χ4n) is 1.72. The van der Waals surface area contributed by atoms with E-state index in [-0.39, 0.29) is 0 Å². The summed E-state index contributed by atoms with van der Waals surface area (Å²) in [5.41, 5.74) is 2.22. The Bertz CT molecular complexity index is 429. The zero-order valence-electron chi connectivity index (χ0n) is 9.74. The predicted molar refractivity (Wildman–Crippen MR) is 67.3 cm³/mol. The molecule has 0 saturated heterocycles. The SMILES string of the molecule is COc1cc2c(cc1OC)C(C)=NCCS2. The number of benzene rings is 1. The maximum Gasteiger partial charge on any atom is 0.161 e. The first-order valence-corrected chi connectivity index (χ1v) is 6.15. The third-order valence-electron chi connectivity index (χ3n) is 2.57. The molecule has 0 radical (unpaired) electrons. The molecule has 1 aliphatic heterocycles. The lowest BCUT2D eigenvalue weighted by Gasteiger charge is -2.12. The Morgan fingerprint density at radius 1 is 1.19 bits per heavy atom. The highest BCUT2D eigenvalue weighted by Gasteiger charge is 2.15. The van der Waals surface area contributed by atoms with E-state index in [1.165, 1.54) is 4.90 Å². The number of fused-ring (bicyclic) bond motifs is 1. The first-order valence-electron chi connectivity index (χ1n) is 5.16. The smallest absolute Gasteiger partial charge is 0.161 e. The second-order valence-electron chi connectivity index (χ2n) is 3.52. The van der Waals surface area contributed by atoms with E-state index in [0.29, 0.717) is 0 Å². The van der Waals surface area contributed by atoms with Crippen molar-refractivity contribution in [2.75, 3.05) is 26.5 Å². The van der Waals surface area contributed by atoms with Crippen molar-refractivity contribution < 1.29 is 9.47 Å². The standard InChI is InChI=1S/C12H15NO2S/c1-8-9-6-10(14-2)11(15-3)7-12(9)16-5-4-13-8/h6-7H,4-5H2,1-3H3. The van der Waals surface area contributed by atoms with Crippen molar-refractivity contribution in [1.82, 2.24) is 0 Å². The van der Waals surface area contributed by atoms with Gasteiger partial charge in [-0.3, -0.25) is 4.99 Å². The van der Waals surface area contributed by atoms with Gasteiger partial charge in [0.1, 0.15) is 0 Å². The van der Waals surface area contributed by atoms with Gasteiger partial charge in [-0.25, -0.2) is 0 Å². The average molecular weight is 237 g/mol. The van der Waals surface area contributed by atoms with Gasteiger partial charge in [-0.05, 0) is 19.1 Å². The highest BCUT2D eigenvalue weighted by Crippen LogP contribution is 2.36. The van der Waals surface area contributed by atoms with Gasteiger partial charge in [-0.2, -0.15) is 0 Å². The number of methoxy groups -OCH3 is 2. The topological polar surface area (TPSA) is 30.8 Å². The lowest BCUT2D eigenvalue weighted by molar-refractivity contribution is 0.354. The van der Waals surface area contributed by atoms with Crippen LogP contribution in [0.15, 0.2) is 22.0 Å². The second kappa shape index (κ2) is 4.78. The van der Waals surface area contributed by atoms with Gasteiger partial charge >= 0.3 is 0 Å². The Morgan fingerprint density at radius 2 is 1.88 bits per heavy atom. The van der Waals surface area contributed by atoms with Crippen LogP contribution >= 0.6 is 11.8 Å². The summed E-state index contributed by atoms with van der Waals surface area (Å²) in [5, 5.41) is 0. The molecular weight excluding hydrogens is 222 g/mol. The van der Waals surface area contributed by atoms with E-state index >= 15 is 0 Å². The summed E-state index contributed by atoms with van der Waals surface area (Å²) in [6.07, 6.45) is 0. The van der Waals surface area contributed by atoms with Crippen LogP contribution in [0, 0.1) is 0 Å². The van der Waals surface area contributed by atoms with E-state index in [9.17, 15) is 0 Å². The fourth-order valence-corrected chi connectivity index (χ4v) is 2.67. The quantitative estimate of drug-likeness (QED) is 0.792. The van der Waals surface area contributed by atoms with Crippen molar-refractivity contribution in [2.45, 2.75) is 11.8 Å². The average Bonchev–Trinajstić information content (AvgIpc) is 2.49. The summed E-state index contributed by atoms with van der Waals surface area (Å²) in [7, 11) is 3.31. The van der Waals surface area contributed by atoms with E-state index < -0.39 is 0 Å². The van der Waals surface area contributed by atoms with Crippen LogP contribution in [0.5, 0.6) is 11.5 Å². The first kappa shape index (κ1) is 11.3. The maximum absolute atomic E-state index is 5.30. The van der Waals surface area contributed by atoms with Crippen molar-refractivity contribution in [1.29, 1.82) is 0 Å². The molecule has 1 aromatic rings. The highest BCUT2D eigenvalue weighted by molar-refractivity contribution is 7.99. The van der Waals surface area contributed by atoms with Crippen LogP contribution in [-0.4, -0.2) is 32.2 Å². The minimum atomic E-state index is 0.762. The van der Waals surface area contributed by atoms with E-state index in [0.717, 1.165) is 35.1 Å². The first-order chi connectivity index (χ1) is 7.76. The van der Waals surface area contributed by atoms with Gasteiger partial charge < -0.3 is 9.47 Å². The summed E-state index contributed by atoms with van der Waals surface area (Å²) in [5.74, 6) is 2.56. The largest absolute Gasteiger partial charge is 0.493 e. The van der Waals surface area contributed by atoms with Crippen molar-refractivity contribution in [3.05, 3.63) is 17.7 Å². The van der Waals surface area contributed by atoms with Crippen molar-refractivity contribution >= 4 is 17.5 Å². The molecule has 0 N–H and O–H groups in total. The van der Waals surface area contributed by atoms with Crippen LogP contribution in [0.4, 0.5) is 0 Å². The molecule has 1 aliphatic rings. The molecule has 16 heavy (non-hydrogen) atoms. The molecule has 0 unspecified atom stereocenters. The third kappa shape index (κ3) is 2.02. The third-order valence-corrected chi connectivity index (χ3v) is 3.61. The Hall–Kier alpha value is -1.16. The van der Waals surface area contributed by atoms with Crippen molar-refractivity contribution in [3.63, 3.8) is 0 Å². The lowest BCUT2D eigenvalue weighted by atomic mass is 10.1. The van der Waals surface area contributed by atoms with Crippen LogP contribution in [0.25, 0.3) is 0 Å². The van der Waals surface area contributed by atoms with Gasteiger partial charge in [0.15, 0.2) is 11.5 Å². The molecule has 0 fully saturated rings. The van der Waals surface area contributed by atoms with Gasteiger partial charge in [0, 0.05) is 28.5 Å². The Balaban J connectivity index is 2.55. The Morgan fingerprint density at radius 3 is 2.56 bits per heavy atom. The fraction of sp³-hybridized carbons (Fsp3) is 0.417. The lowest BCUT2D eigenvalue weighted by Crippen LogP contribution is -1.99. The Labute approximate surface area is 99.9 Å². The molecule has 4 heteroatoms. The van der Waals surface area contributed by atoms with E-state index in [2.05, 4.69) is 4.99 Å². The summed E-state index contributed by atoms with van der Waals surface area (Å²) >= 11 is 1.81. The molecule has 86 valence electrons.